The molecule has 2 rings (SSSR count). The van der Waals surface area contributed by atoms with Gasteiger partial charge in [0.05, 0.1) is 19.1 Å². The van der Waals surface area contributed by atoms with Crippen LogP contribution in [0.5, 0.6) is 0 Å². The van der Waals surface area contributed by atoms with Gasteiger partial charge >= 0.3 is 5.97 Å². The van der Waals surface area contributed by atoms with Crippen LogP contribution in [-0.4, -0.2) is 43.9 Å². The van der Waals surface area contributed by atoms with Crippen molar-refractivity contribution in [1.82, 2.24) is 5.32 Å². The van der Waals surface area contributed by atoms with E-state index in [1.54, 1.807) is 31.0 Å². The average molecular weight is 318 g/mol. The molecule has 1 aliphatic rings. The van der Waals surface area contributed by atoms with Gasteiger partial charge < -0.3 is 15.0 Å². The van der Waals surface area contributed by atoms with Crippen molar-refractivity contribution >= 4 is 23.3 Å². The summed E-state index contributed by atoms with van der Waals surface area (Å²) in [5.74, 6) is -0.549. The van der Waals surface area contributed by atoms with Gasteiger partial charge in [-0.2, -0.15) is 0 Å². The van der Waals surface area contributed by atoms with Gasteiger partial charge in [-0.25, -0.2) is 0 Å². The van der Waals surface area contributed by atoms with Crippen molar-refractivity contribution in [3.8, 4) is 0 Å². The first-order valence-corrected chi connectivity index (χ1v) is 7.76. The third-order valence-corrected chi connectivity index (χ3v) is 3.98. The summed E-state index contributed by atoms with van der Waals surface area (Å²) >= 11 is 0. The largest absolute Gasteiger partial charge is 0.466 e. The zero-order chi connectivity index (χ0) is 17.0. The Morgan fingerprint density at radius 1 is 1.35 bits per heavy atom. The van der Waals surface area contributed by atoms with Crippen molar-refractivity contribution < 1.29 is 19.1 Å². The third-order valence-electron chi connectivity index (χ3n) is 3.98. The monoisotopic (exact) mass is 318 g/mol. The average Bonchev–Trinajstić information content (AvgIpc) is 2.95. The molecule has 6 heteroatoms. The second kappa shape index (κ2) is 7.37. The third kappa shape index (κ3) is 3.76. The Morgan fingerprint density at radius 3 is 2.70 bits per heavy atom. The molecule has 6 nitrogen and oxygen atoms in total. The number of amides is 1. The van der Waals surface area contributed by atoms with E-state index < -0.39 is 12.0 Å². The lowest BCUT2D eigenvalue weighted by Crippen LogP contribution is -2.36. The van der Waals surface area contributed by atoms with E-state index in [4.69, 9.17) is 4.74 Å². The van der Waals surface area contributed by atoms with Crippen LogP contribution in [0.2, 0.25) is 0 Å². The van der Waals surface area contributed by atoms with Gasteiger partial charge in [0.1, 0.15) is 0 Å². The molecule has 0 bridgehead atoms. The molecule has 0 spiro atoms. The predicted octanol–water partition coefficient (Wildman–Crippen LogP) is 1.32. The number of likely N-dealkylation sites (N-methyl/N-ethyl adjacent to an activating group) is 1. The van der Waals surface area contributed by atoms with Crippen LogP contribution in [0.4, 0.5) is 5.69 Å². The number of benzene rings is 1. The molecule has 0 aliphatic carbocycles. The van der Waals surface area contributed by atoms with Crippen LogP contribution in [0, 0.1) is 0 Å². The smallest absolute Gasteiger partial charge is 0.307 e. The normalized spacial score (nSPS) is 14.3. The van der Waals surface area contributed by atoms with E-state index in [1.807, 2.05) is 6.07 Å². The number of fused-ring (bicyclic) bond motifs is 1. The highest BCUT2D eigenvalue weighted by atomic mass is 16.5. The zero-order valence-corrected chi connectivity index (χ0v) is 13.7. The van der Waals surface area contributed by atoms with E-state index in [0.29, 0.717) is 18.7 Å². The van der Waals surface area contributed by atoms with Crippen LogP contribution in [0.1, 0.15) is 36.2 Å². The standard InChI is InChI=1S/C17H22N2O4/c1-4-23-16(21)10-14(18-3)17(22)13-5-6-15-12(9-13)7-8-19(15)11(2)20/h5-6,9,14,18H,4,7-8,10H2,1-3H3. The highest BCUT2D eigenvalue weighted by Gasteiger charge is 2.26. The van der Waals surface area contributed by atoms with Crippen LogP contribution in [-0.2, 0) is 20.7 Å². The first-order valence-electron chi connectivity index (χ1n) is 7.76. The predicted molar refractivity (Wildman–Crippen MR) is 86.6 cm³/mol. The van der Waals surface area contributed by atoms with E-state index in [0.717, 1.165) is 17.7 Å². The number of nitrogens with one attached hydrogen (secondary N) is 1. The number of esters is 1. The Labute approximate surface area is 135 Å². The maximum Gasteiger partial charge on any atom is 0.307 e. The molecule has 1 heterocycles. The SMILES string of the molecule is CCOC(=O)CC(NC)C(=O)c1ccc2c(c1)CCN2C(C)=O. The van der Waals surface area contributed by atoms with E-state index in [2.05, 4.69) is 5.32 Å². The Bertz CT molecular complexity index is 627. The van der Waals surface area contributed by atoms with Crippen molar-refractivity contribution in [3.63, 3.8) is 0 Å². The number of Topliss-reactive ketones (excluding diaryl/α,β-unsaturated/α-hetero) is 1. The second-order valence-corrected chi connectivity index (χ2v) is 5.48. The molecule has 1 N–H and O–H groups in total. The molecule has 0 fully saturated rings. The topological polar surface area (TPSA) is 75.7 Å². The molecule has 1 aromatic rings. The maximum absolute atomic E-state index is 12.6. The second-order valence-electron chi connectivity index (χ2n) is 5.48. The molecule has 1 unspecified atom stereocenters. The van der Waals surface area contributed by atoms with Crippen molar-refractivity contribution in [2.75, 3.05) is 25.1 Å². The number of ether oxygens (including phenoxy) is 1. The van der Waals surface area contributed by atoms with Crippen molar-refractivity contribution in [2.24, 2.45) is 0 Å². The summed E-state index contributed by atoms with van der Waals surface area (Å²) < 4.78 is 4.90. The molecule has 1 aliphatic heterocycles. The fourth-order valence-corrected chi connectivity index (χ4v) is 2.80. The van der Waals surface area contributed by atoms with Crippen LogP contribution in [0.15, 0.2) is 18.2 Å². The number of anilines is 1. The van der Waals surface area contributed by atoms with Crippen molar-refractivity contribution in [3.05, 3.63) is 29.3 Å². The highest BCUT2D eigenvalue weighted by molar-refractivity contribution is 6.03. The number of nitrogens with zero attached hydrogens (tertiary/aromatic N) is 1. The Hall–Kier alpha value is -2.21. The summed E-state index contributed by atoms with van der Waals surface area (Å²) in [4.78, 5) is 37.4. The highest BCUT2D eigenvalue weighted by Crippen LogP contribution is 2.29. The van der Waals surface area contributed by atoms with E-state index >= 15 is 0 Å². The first kappa shape index (κ1) is 17.1. The lowest BCUT2D eigenvalue weighted by atomic mass is 9.99. The van der Waals surface area contributed by atoms with Gasteiger partial charge in [0.15, 0.2) is 5.78 Å². The summed E-state index contributed by atoms with van der Waals surface area (Å²) in [6, 6.07) is 4.71. The van der Waals surface area contributed by atoms with Crippen LogP contribution >= 0.6 is 0 Å². The van der Waals surface area contributed by atoms with Crippen molar-refractivity contribution in [1.29, 1.82) is 0 Å². The van der Waals surface area contributed by atoms with Gasteiger partial charge in [0.25, 0.3) is 0 Å². The number of hydrogen-bond donors (Lipinski definition) is 1. The summed E-state index contributed by atoms with van der Waals surface area (Å²) in [5.41, 5.74) is 2.38. The molecule has 1 amide bonds. The van der Waals surface area contributed by atoms with Gasteiger partial charge in [-0.15, -0.1) is 0 Å². The lowest BCUT2D eigenvalue weighted by molar-refractivity contribution is -0.143. The molecular weight excluding hydrogens is 296 g/mol. The minimum Gasteiger partial charge on any atom is -0.466 e. The summed E-state index contributed by atoms with van der Waals surface area (Å²) in [7, 11) is 1.65. The van der Waals surface area contributed by atoms with Gasteiger partial charge in [0, 0.05) is 24.7 Å². The van der Waals surface area contributed by atoms with E-state index in [1.165, 1.54) is 6.92 Å². The molecule has 0 saturated heterocycles. The quantitative estimate of drug-likeness (QED) is 0.632. The number of rotatable bonds is 6. The van der Waals surface area contributed by atoms with Crippen LogP contribution < -0.4 is 10.2 Å². The molecule has 0 radical (unpaired) electrons. The first-order chi connectivity index (χ1) is 11.0. The summed E-state index contributed by atoms with van der Waals surface area (Å²) in [5, 5.41) is 2.87. The van der Waals surface area contributed by atoms with Crippen LogP contribution in [0.3, 0.4) is 0 Å². The Balaban J connectivity index is 2.16. The number of hydrogen-bond acceptors (Lipinski definition) is 5. The fourth-order valence-electron chi connectivity index (χ4n) is 2.80. The molecule has 0 saturated carbocycles. The van der Waals surface area contributed by atoms with E-state index in [9.17, 15) is 14.4 Å². The van der Waals surface area contributed by atoms with Gasteiger partial charge in [0.2, 0.25) is 5.91 Å². The minimum absolute atomic E-state index is 0.000170. The molecule has 0 aromatic heterocycles. The Kier molecular flexibility index (Phi) is 5.50. The number of ketones is 1. The molecule has 1 aromatic carbocycles. The van der Waals surface area contributed by atoms with E-state index in [-0.39, 0.29) is 18.1 Å². The van der Waals surface area contributed by atoms with Crippen molar-refractivity contribution in [2.45, 2.75) is 32.7 Å². The lowest BCUT2D eigenvalue weighted by Gasteiger charge is -2.16. The van der Waals surface area contributed by atoms with Gasteiger partial charge in [-0.05, 0) is 44.2 Å². The fraction of sp³-hybridized carbons (Fsp3) is 0.471. The molecule has 23 heavy (non-hydrogen) atoms. The molecular formula is C17H22N2O4. The Morgan fingerprint density at radius 2 is 2.09 bits per heavy atom. The summed E-state index contributed by atoms with van der Waals surface area (Å²) in [6.07, 6.45) is 0.734. The van der Waals surface area contributed by atoms with Gasteiger partial charge in [-0.3, -0.25) is 14.4 Å². The zero-order valence-electron chi connectivity index (χ0n) is 13.7. The van der Waals surface area contributed by atoms with Gasteiger partial charge in [-0.1, -0.05) is 0 Å². The maximum atomic E-state index is 12.6. The molecule has 1 atom stereocenters. The number of carbonyl (C=O) groups excluding carboxylic acids is 3. The molecule has 124 valence electrons. The van der Waals surface area contributed by atoms with Crippen LogP contribution in [0.25, 0.3) is 0 Å². The minimum atomic E-state index is -0.614. The summed E-state index contributed by atoms with van der Waals surface area (Å²) in [6.45, 7) is 4.20. The number of carbonyl (C=O) groups is 3.